The molecule has 1 fully saturated rings. The predicted molar refractivity (Wildman–Crippen MR) is 77.2 cm³/mol. The highest BCUT2D eigenvalue weighted by molar-refractivity contribution is 5.77. The summed E-state index contributed by atoms with van der Waals surface area (Å²) in [4.78, 5) is 26.5. The van der Waals surface area contributed by atoms with Gasteiger partial charge in [0.25, 0.3) is 0 Å². The van der Waals surface area contributed by atoms with Gasteiger partial charge in [-0.25, -0.2) is 9.79 Å². The summed E-state index contributed by atoms with van der Waals surface area (Å²) in [7, 11) is 0. The minimum Gasteiger partial charge on any atom is -0.479 e. The van der Waals surface area contributed by atoms with Crippen LogP contribution in [0.15, 0.2) is 4.99 Å². The molecule has 23 heavy (non-hydrogen) atoms. The van der Waals surface area contributed by atoms with Gasteiger partial charge in [-0.1, -0.05) is 0 Å². The Kier molecular flexibility index (Phi) is 6.69. The highest BCUT2D eigenvalue weighted by Crippen LogP contribution is 2.26. The van der Waals surface area contributed by atoms with Crippen molar-refractivity contribution in [1.29, 1.82) is 0 Å². The Balaban J connectivity index is 3.18. The number of aliphatic carboxylic acids is 1. The summed E-state index contributed by atoms with van der Waals surface area (Å²) >= 11 is 0. The van der Waals surface area contributed by atoms with Crippen LogP contribution in [0, 0.1) is 0 Å². The fourth-order valence-corrected chi connectivity index (χ4v) is 2.43. The van der Waals surface area contributed by atoms with Gasteiger partial charge in [-0.05, 0) is 0 Å². The Labute approximate surface area is 131 Å². The highest BCUT2D eigenvalue weighted by Gasteiger charge is 2.46. The lowest BCUT2D eigenvalue weighted by atomic mass is 9.88. The molecular weight excluding hydrogens is 312 g/mol. The Hall–Kier alpha value is -1.95. The van der Waals surface area contributed by atoms with Gasteiger partial charge in [0.2, 0.25) is 5.91 Å². The Morgan fingerprint density at radius 3 is 2.43 bits per heavy atom. The fourth-order valence-electron chi connectivity index (χ4n) is 2.43. The van der Waals surface area contributed by atoms with Crippen LogP contribution in [0.5, 0.6) is 0 Å². The minimum absolute atomic E-state index is 0.142. The van der Waals surface area contributed by atoms with Crippen molar-refractivity contribution in [3.8, 4) is 0 Å². The summed E-state index contributed by atoms with van der Waals surface area (Å²) in [6, 6.07) is -1.87. The van der Waals surface area contributed by atoms with Gasteiger partial charge in [-0.15, -0.1) is 0 Å². The molecule has 1 aliphatic rings. The molecule has 6 unspecified atom stereocenters. The molecule has 6 atom stereocenters. The number of carbonyl (C=O) groups is 2. The zero-order chi connectivity index (χ0) is 17.7. The third kappa shape index (κ3) is 5.03. The summed E-state index contributed by atoms with van der Waals surface area (Å²) in [6.45, 7) is 0.431. The van der Waals surface area contributed by atoms with Gasteiger partial charge in [-0.2, -0.15) is 0 Å². The van der Waals surface area contributed by atoms with Crippen molar-refractivity contribution in [2.45, 2.75) is 49.8 Å². The van der Waals surface area contributed by atoms with Crippen LogP contribution in [0.2, 0.25) is 0 Å². The van der Waals surface area contributed by atoms with Gasteiger partial charge < -0.3 is 41.9 Å². The number of nitrogens with one attached hydrogen (secondary N) is 1. The Bertz CT molecular complexity index is 468. The number of amides is 1. The Morgan fingerprint density at radius 2 is 2.00 bits per heavy atom. The number of carboxylic acids is 1. The lowest BCUT2D eigenvalue weighted by Gasteiger charge is -2.42. The van der Waals surface area contributed by atoms with E-state index in [1.54, 1.807) is 0 Å². The average molecular weight is 334 g/mol. The zero-order valence-electron chi connectivity index (χ0n) is 12.5. The van der Waals surface area contributed by atoms with Crippen LogP contribution in [-0.2, 0) is 14.3 Å². The molecule has 1 rings (SSSR count). The van der Waals surface area contributed by atoms with Crippen LogP contribution in [0.25, 0.3) is 0 Å². The van der Waals surface area contributed by atoms with Crippen molar-refractivity contribution < 1.29 is 34.8 Å². The zero-order valence-corrected chi connectivity index (χ0v) is 12.5. The van der Waals surface area contributed by atoms with Gasteiger partial charge in [0.1, 0.15) is 18.3 Å². The number of aliphatic hydroxyl groups excluding tert-OH is 3. The number of ether oxygens (including phenoxy) is 1. The topological polar surface area (TPSA) is 201 Å². The summed E-state index contributed by atoms with van der Waals surface area (Å²) in [6.07, 6.45) is -6.07. The summed E-state index contributed by atoms with van der Waals surface area (Å²) < 4.78 is 5.27. The number of aliphatic hydroxyl groups is 3. The molecule has 0 saturated carbocycles. The predicted octanol–water partition coefficient (Wildman–Crippen LogP) is -3.91. The molecular formula is C12H22N4O7. The molecule has 9 N–H and O–H groups in total. The summed E-state index contributed by atoms with van der Waals surface area (Å²) in [5, 5.41) is 40.3. The SMILES string of the molecule is CC(=O)NC1C(N=C(N)N)CC(C(=O)O)OC1C(O)C(O)CO. The summed E-state index contributed by atoms with van der Waals surface area (Å²) in [5.74, 6) is -2.12. The molecule has 11 nitrogen and oxygen atoms in total. The van der Waals surface area contributed by atoms with Gasteiger partial charge in [-0.3, -0.25) is 4.79 Å². The van der Waals surface area contributed by atoms with Crippen LogP contribution < -0.4 is 16.8 Å². The maximum atomic E-state index is 11.4. The van der Waals surface area contributed by atoms with Crippen LogP contribution >= 0.6 is 0 Å². The van der Waals surface area contributed by atoms with E-state index in [0.717, 1.165) is 0 Å². The molecule has 132 valence electrons. The van der Waals surface area contributed by atoms with E-state index in [1.165, 1.54) is 6.92 Å². The van der Waals surface area contributed by atoms with Crippen LogP contribution in [0.3, 0.4) is 0 Å². The molecule has 0 aromatic carbocycles. The molecule has 0 bridgehead atoms. The van der Waals surface area contributed by atoms with Crippen molar-refractivity contribution in [3.05, 3.63) is 0 Å². The molecule has 0 aromatic heterocycles. The van der Waals surface area contributed by atoms with Crippen molar-refractivity contribution in [2.24, 2.45) is 16.5 Å². The number of aliphatic imine (C=N–C) groups is 1. The van der Waals surface area contributed by atoms with Gasteiger partial charge in [0.05, 0.1) is 18.7 Å². The second kappa shape index (κ2) is 8.06. The van der Waals surface area contributed by atoms with Crippen molar-refractivity contribution in [2.75, 3.05) is 6.61 Å². The second-order valence-corrected chi connectivity index (χ2v) is 5.25. The van der Waals surface area contributed by atoms with E-state index < -0.39 is 55.0 Å². The third-order valence-corrected chi connectivity index (χ3v) is 3.42. The molecule has 1 aliphatic heterocycles. The van der Waals surface area contributed by atoms with E-state index in [4.69, 9.17) is 26.4 Å². The van der Waals surface area contributed by atoms with Gasteiger partial charge >= 0.3 is 5.97 Å². The molecule has 1 heterocycles. The molecule has 11 heteroatoms. The van der Waals surface area contributed by atoms with Crippen LogP contribution in [-0.4, -0.2) is 81.4 Å². The first-order valence-electron chi connectivity index (χ1n) is 6.88. The van der Waals surface area contributed by atoms with Crippen LogP contribution in [0.1, 0.15) is 13.3 Å². The van der Waals surface area contributed by atoms with E-state index in [0.29, 0.717) is 0 Å². The van der Waals surface area contributed by atoms with Crippen molar-refractivity contribution in [3.63, 3.8) is 0 Å². The summed E-state index contributed by atoms with van der Waals surface area (Å²) in [5.41, 5.74) is 10.6. The lowest BCUT2D eigenvalue weighted by molar-refractivity contribution is -0.182. The molecule has 0 spiro atoms. The maximum Gasteiger partial charge on any atom is 0.332 e. The maximum absolute atomic E-state index is 11.4. The number of guanidine groups is 1. The van der Waals surface area contributed by atoms with Crippen LogP contribution in [0.4, 0.5) is 0 Å². The first kappa shape index (κ1) is 19.1. The quantitative estimate of drug-likeness (QED) is 0.187. The number of carboxylic acid groups (broad SMARTS) is 1. The first-order chi connectivity index (χ1) is 10.7. The number of hydrogen-bond donors (Lipinski definition) is 7. The average Bonchev–Trinajstić information content (AvgIpc) is 2.45. The van der Waals surface area contributed by atoms with E-state index in [1.807, 2.05) is 0 Å². The van der Waals surface area contributed by atoms with E-state index in [-0.39, 0.29) is 12.4 Å². The smallest absolute Gasteiger partial charge is 0.332 e. The van der Waals surface area contributed by atoms with Gasteiger partial charge in [0.15, 0.2) is 12.1 Å². The molecule has 0 aromatic rings. The highest BCUT2D eigenvalue weighted by atomic mass is 16.5. The number of hydrogen-bond acceptors (Lipinski definition) is 7. The van der Waals surface area contributed by atoms with E-state index in [2.05, 4.69) is 10.3 Å². The van der Waals surface area contributed by atoms with Crippen molar-refractivity contribution >= 4 is 17.8 Å². The Morgan fingerprint density at radius 1 is 1.39 bits per heavy atom. The second-order valence-electron chi connectivity index (χ2n) is 5.25. The first-order valence-corrected chi connectivity index (χ1v) is 6.88. The third-order valence-electron chi connectivity index (χ3n) is 3.42. The molecule has 0 aliphatic carbocycles. The number of nitrogens with zero attached hydrogens (tertiary/aromatic N) is 1. The molecule has 1 amide bonds. The number of nitrogens with two attached hydrogens (primary N) is 2. The van der Waals surface area contributed by atoms with Crippen molar-refractivity contribution in [1.82, 2.24) is 5.32 Å². The minimum atomic E-state index is -1.66. The monoisotopic (exact) mass is 334 g/mol. The van der Waals surface area contributed by atoms with E-state index >= 15 is 0 Å². The lowest BCUT2D eigenvalue weighted by Crippen LogP contribution is -2.63. The largest absolute Gasteiger partial charge is 0.479 e. The number of rotatable bonds is 6. The normalized spacial score (nSPS) is 30.1. The standard InChI is InChI=1S/C12H22N4O7/c1-4(18)15-8-5(16-12(13)14)2-7(11(21)22)23-10(8)9(20)6(19)3-17/h5-10,17,19-20H,2-3H2,1H3,(H,15,18)(H,21,22)(H4,13,14,16). The molecule has 1 saturated heterocycles. The molecule has 0 radical (unpaired) electrons. The fraction of sp³-hybridized carbons (Fsp3) is 0.750. The number of carbonyl (C=O) groups excluding carboxylic acids is 1. The van der Waals surface area contributed by atoms with E-state index in [9.17, 15) is 19.8 Å². The van der Waals surface area contributed by atoms with Gasteiger partial charge in [0, 0.05) is 13.3 Å².